The summed E-state index contributed by atoms with van der Waals surface area (Å²) in [4.78, 5) is 2.63. The van der Waals surface area contributed by atoms with Crippen molar-refractivity contribution in [1.29, 1.82) is 0 Å². The minimum absolute atomic E-state index is 0.367. The van der Waals surface area contributed by atoms with Gasteiger partial charge in [-0.3, -0.25) is 0 Å². The first-order chi connectivity index (χ1) is 10.1. The summed E-state index contributed by atoms with van der Waals surface area (Å²) in [6, 6.07) is 0.708. The maximum absolute atomic E-state index is 9.43. The summed E-state index contributed by atoms with van der Waals surface area (Å²) in [5, 5.41) is 13.2. The van der Waals surface area contributed by atoms with Gasteiger partial charge in [0, 0.05) is 25.7 Å². The van der Waals surface area contributed by atoms with Crippen LogP contribution in [0.5, 0.6) is 0 Å². The molecule has 1 aliphatic heterocycles. The third kappa shape index (κ3) is 4.94. The molecule has 3 nitrogen and oxygen atoms in total. The molecule has 0 radical (unpaired) electrons. The van der Waals surface area contributed by atoms with Gasteiger partial charge in [0.25, 0.3) is 0 Å². The van der Waals surface area contributed by atoms with Gasteiger partial charge in [-0.05, 0) is 68.9 Å². The van der Waals surface area contributed by atoms with Crippen molar-refractivity contribution in [3.63, 3.8) is 0 Å². The lowest BCUT2D eigenvalue weighted by Crippen LogP contribution is -2.48. The van der Waals surface area contributed by atoms with Gasteiger partial charge < -0.3 is 15.3 Å². The molecule has 0 amide bonds. The Kier molecular flexibility index (Phi) is 6.97. The van der Waals surface area contributed by atoms with Gasteiger partial charge in [0.05, 0.1) is 0 Å². The second-order valence-electron chi connectivity index (χ2n) is 7.69. The quantitative estimate of drug-likeness (QED) is 0.791. The van der Waals surface area contributed by atoms with E-state index in [9.17, 15) is 5.11 Å². The average molecular weight is 296 g/mol. The predicted molar refractivity (Wildman–Crippen MR) is 89.4 cm³/mol. The van der Waals surface area contributed by atoms with Crippen LogP contribution in [0.15, 0.2) is 0 Å². The first kappa shape index (κ1) is 17.2. The van der Waals surface area contributed by atoms with E-state index in [-0.39, 0.29) is 0 Å². The standard InChI is InChI=1S/C18H36N2O/c1-4-19-18-8-7-16(14(2)3)10-17(18)12-20-9-5-6-15(11-20)13-21/h14-19,21H,4-13H2,1-3H3. The van der Waals surface area contributed by atoms with Gasteiger partial charge in [0.15, 0.2) is 0 Å². The summed E-state index contributed by atoms with van der Waals surface area (Å²) in [7, 11) is 0. The number of hydrogen-bond acceptors (Lipinski definition) is 3. The van der Waals surface area contributed by atoms with E-state index >= 15 is 0 Å². The molecule has 2 fully saturated rings. The molecule has 1 saturated carbocycles. The van der Waals surface area contributed by atoms with Crippen molar-refractivity contribution in [2.45, 2.75) is 58.9 Å². The Labute approximate surface area is 131 Å². The Hall–Kier alpha value is -0.120. The maximum Gasteiger partial charge on any atom is 0.0471 e. The molecule has 1 aliphatic carbocycles. The van der Waals surface area contributed by atoms with E-state index in [2.05, 4.69) is 31.0 Å². The third-order valence-corrected chi connectivity index (χ3v) is 5.79. The molecule has 1 heterocycles. The van der Waals surface area contributed by atoms with Crippen molar-refractivity contribution in [2.75, 3.05) is 32.8 Å². The summed E-state index contributed by atoms with van der Waals surface area (Å²) >= 11 is 0. The molecule has 4 atom stereocenters. The topological polar surface area (TPSA) is 35.5 Å². The number of rotatable bonds is 6. The fraction of sp³-hybridized carbons (Fsp3) is 1.00. The molecular formula is C18H36N2O. The number of aliphatic hydroxyl groups excluding tert-OH is 1. The van der Waals surface area contributed by atoms with Crippen LogP contribution in [0.3, 0.4) is 0 Å². The first-order valence-electron chi connectivity index (χ1n) is 9.20. The zero-order valence-electron chi connectivity index (χ0n) is 14.4. The molecule has 2 rings (SSSR count). The highest BCUT2D eigenvalue weighted by molar-refractivity contribution is 4.88. The van der Waals surface area contributed by atoms with Crippen molar-refractivity contribution < 1.29 is 5.11 Å². The van der Waals surface area contributed by atoms with E-state index in [1.807, 2.05) is 0 Å². The van der Waals surface area contributed by atoms with Crippen molar-refractivity contribution in [3.05, 3.63) is 0 Å². The van der Waals surface area contributed by atoms with Gasteiger partial charge in [-0.15, -0.1) is 0 Å². The number of piperidine rings is 1. The van der Waals surface area contributed by atoms with Gasteiger partial charge in [-0.1, -0.05) is 20.8 Å². The van der Waals surface area contributed by atoms with Crippen LogP contribution in [-0.4, -0.2) is 48.8 Å². The average Bonchev–Trinajstić information content (AvgIpc) is 2.49. The predicted octanol–water partition coefficient (Wildman–Crippen LogP) is 2.74. The highest BCUT2D eigenvalue weighted by Gasteiger charge is 2.33. The van der Waals surface area contributed by atoms with E-state index in [1.54, 1.807) is 0 Å². The fourth-order valence-electron chi connectivity index (χ4n) is 4.44. The Morgan fingerprint density at radius 3 is 2.71 bits per heavy atom. The molecule has 124 valence electrons. The Morgan fingerprint density at radius 1 is 1.24 bits per heavy atom. The van der Waals surface area contributed by atoms with Crippen LogP contribution in [0.1, 0.15) is 52.9 Å². The van der Waals surface area contributed by atoms with Crippen molar-refractivity contribution in [3.8, 4) is 0 Å². The molecule has 21 heavy (non-hydrogen) atoms. The van der Waals surface area contributed by atoms with E-state index in [4.69, 9.17) is 0 Å². The van der Waals surface area contributed by atoms with Gasteiger partial charge in [0.2, 0.25) is 0 Å². The van der Waals surface area contributed by atoms with Crippen LogP contribution in [0.25, 0.3) is 0 Å². The molecule has 3 heteroatoms. The second-order valence-corrected chi connectivity index (χ2v) is 7.69. The number of hydrogen-bond donors (Lipinski definition) is 2. The van der Waals surface area contributed by atoms with E-state index < -0.39 is 0 Å². The van der Waals surface area contributed by atoms with Gasteiger partial charge >= 0.3 is 0 Å². The Bertz CT molecular complexity index is 295. The summed E-state index contributed by atoms with van der Waals surface area (Å²) < 4.78 is 0. The Morgan fingerprint density at radius 2 is 2.05 bits per heavy atom. The number of aliphatic hydroxyl groups is 1. The van der Waals surface area contributed by atoms with Crippen molar-refractivity contribution >= 4 is 0 Å². The zero-order chi connectivity index (χ0) is 15.2. The summed E-state index contributed by atoms with van der Waals surface area (Å²) in [5.41, 5.74) is 0. The first-order valence-corrected chi connectivity index (χ1v) is 9.20. The number of nitrogens with zero attached hydrogens (tertiary/aromatic N) is 1. The SMILES string of the molecule is CCNC1CCC(C(C)C)CC1CN1CCCC(CO)C1. The molecule has 0 aromatic rings. The van der Waals surface area contributed by atoms with Gasteiger partial charge in [0.1, 0.15) is 0 Å². The van der Waals surface area contributed by atoms with Crippen LogP contribution >= 0.6 is 0 Å². The van der Waals surface area contributed by atoms with Gasteiger partial charge in [-0.2, -0.15) is 0 Å². The summed E-state index contributed by atoms with van der Waals surface area (Å²) in [5.74, 6) is 3.04. The summed E-state index contributed by atoms with van der Waals surface area (Å²) in [6.07, 6.45) is 6.60. The largest absolute Gasteiger partial charge is 0.396 e. The fourth-order valence-corrected chi connectivity index (χ4v) is 4.44. The highest BCUT2D eigenvalue weighted by atomic mass is 16.3. The molecule has 0 bridgehead atoms. The highest BCUT2D eigenvalue weighted by Crippen LogP contribution is 2.35. The molecule has 2 N–H and O–H groups in total. The molecule has 4 unspecified atom stereocenters. The van der Waals surface area contributed by atoms with Crippen molar-refractivity contribution in [1.82, 2.24) is 10.2 Å². The maximum atomic E-state index is 9.43. The zero-order valence-corrected chi connectivity index (χ0v) is 14.4. The van der Waals surface area contributed by atoms with E-state index in [0.29, 0.717) is 18.6 Å². The lowest BCUT2D eigenvalue weighted by molar-refractivity contribution is 0.0769. The normalized spacial score (nSPS) is 35.3. The summed E-state index contributed by atoms with van der Waals surface area (Å²) in [6.45, 7) is 12.0. The van der Waals surface area contributed by atoms with Crippen LogP contribution in [-0.2, 0) is 0 Å². The molecule has 0 aromatic heterocycles. The van der Waals surface area contributed by atoms with Crippen LogP contribution < -0.4 is 5.32 Å². The minimum Gasteiger partial charge on any atom is -0.396 e. The van der Waals surface area contributed by atoms with Crippen LogP contribution in [0.4, 0.5) is 0 Å². The van der Waals surface area contributed by atoms with E-state index in [1.165, 1.54) is 45.2 Å². The minimum atomic E-state index is 0.367. The lowest BCUT2D eigenvalue weighted by atomic mass is 9.73. The van der Waals surface area contributed by atoms with Crippen molar-refractivity contribution in [2.24, 2.45) is 23.7 Å². The molecule has 0 spiro atoms. The lowest BCUT2D eigenvalue weighted by Gasteiger charge is -2.42. The third-order valence-electron chi connectivity index (χ3n) is 5.79. The van der Waals surface area contributed by atoms with Crippen LogP contribution in [0.2, 0.25) is 0 Å². The van der Waals surface area contributed by atoms with E-state index in [0.717, 1.165) is 30.8 Å². The smallest absolute Gasteiger partial charge is 0.0471 e. The molecular weight excluding hydrogens is 260 g/mol. The second kappa shape index (κ2) is 8.50. The van der Waals surface area contributed by atoms with Gasteiger partial charge in [-0.25, -0.2) is 0 Å². The molecule has 2 aliphatic rings. The number of likely N-dealkylation sites (tertiary alicyclic amines) is 1. The molecule has 1 saturated heterocycles. The monoisotopic (exact) mass is 296 g/mol. The Balaban J connectivity index is 1.92. The molecule has 0 aromatic carbocycles. The number of nitrogens with one attached hydrogen (secondary N) is 1. The van der Waals surface area contributed by atoms with Crippen LogP contribution in [0, 0.1) is 23.7 Å².